The lowest BCUT2D eigenvalue weighted by Gasteiger charge is -2.41. The summed E-state index contributed by atoms with van der Waals surface area (Å²) in [6.07, 6.45) is 13.7. The van der Waals surface area contributed by atoms with Crippen LogP contribution in [0, 0.1) is 0 Å². The Labute approximate surface area is 282 Å². The SMILES string of the molecule is CN([C@@H](c1cc(-c2ccccc2)cc(-c2ccccc2)c1)c1ccccc1P(C1CCCCC1)C1CCCCC1)[S@](=O)C(C)(C)C. The molecule has 4 heteroatoms. The fourth-order valence-corrected chi connectivity index (χ4v) is 13.2. The van der Waals surface area contributed by atoms with Crippen LogP contribution in [0.25, 0.3) is 22.3 Å². The van der Waals surface area contributed by atoms with Gasteiger partial charge in [0.1, 0.15) is 11.0 Å². The van der Waals surface area contributed by atoms with Crippen molar-refractivity contribution in [1.29, 1.82) is 0 Å². The minimum absolute atomic E-state index is 0.125. The van der Waals surface area contributed by atoms with Crippen LogP contribution in [0.3, 0.4) is 0 Å². The Morgan fingerprint density at radius 1 is 0.630 bits per heavy atom. The van der Waals surface area contributed by atoms with Crippen LogP contribution in [-0.4, -0.2) is 31.6 Å². The van der Waals surface area contributed by atoms with Gasteiger partial charge in [-0.15, -0.1) is 0 Å². The van der Waals surface area contributed by atoms with Gasteiger partial charge in [0.2, 0.25) is 0 Å². The molecule has 0 radical (unpaired) electrons. The van der Waals surface area contributed by atoms with Crippen molar-refractivity contribution in [3.63, 3.8) is 0 Å². The monoisotopic (exact) mass is 649 g/mol. The highest BCUT2D eigenvalue weighted by Gasteiger charge is 2.37. The molecule has 242 valence electrons. The zero-order valence-electron chi connectivity index (χ0n) is 28.3. The average Bonchev–Trinajstić information content (AvgIpc) is 3.10. The van der Waals surface area contributed by atoms with Gasteiger partial charge in [0, 0.05) is 7.05 Å². The van der Waals surface area contributed by atoms with Crippen LogP contribution in [0.15, 0.2) is 103 Å². The lowest BCUT2D eigenvalue weighted by molar-refractivity contribution is 0.441. The molecule has 2 saturated carbocycles. The number of benzene rings is 4. The van der Waals surface area contributed by atoms with Gasteiger partial charge in [-0.2, -0.15) is 0 Å². The van der Waals surface area contributed by atoms with Crippen molar-refractivity contribution in [3.8, 4) is 22.3 Å². The van der Waals surface area contributed by atoms with E-state index in [4.69, 9.17) is 0 Å². The third-order valence-corrected chi connectivity index (χ3v) is 15.4. The van der Waals surface area contributed by atoms with Crippen LogP contribution in [0.5, 0.6) is 0 Å². The maximum absolute atomic E-state index is 14.4. The summed E-state index contributed by atoms with van der Waals surface area (Å²) in [5.74, 6) is 0. The summed E-state index contributed by atoms with van der Waals surface area (Å²) < 4.78 is 16.2. The molecule has 2 aliphatic rings. The number of hydrogen-bond acceptors (Lipinski definition) is 1. The van der Waals surface area contributed by atoms with E-state index in [1.807, 2.05) is 0 Å². The third kappa shape index (κ3) is 7.59. The van der Waals surface area contributed by atoms with Crippen LogP contribution in [0.4, 0.5) is 0 Å². The summed E-state index contributed by atoms with van der Waals surface area (Å²) in [6, 6.07) is 37.8. The summed E-state index contributed by atoms with van der Waals surface area (Å²) in [5.41, 5.74) is 9.00. The first-order chi connectivity index (χ1) is 22.3. The van der Waals surface area contributed by atoms with Gasteiger partial charge in [-0.05, 0) is 115 Å². The molecular formula is C42H52NOPS. The van der Waals surface area contributed by atoms with Crippen molar-refractivity contribution < 1.29 is 4.21 Å². The fourth-order valence-electron chi connectivity index (χ4n) is 7.88. The lowest BCUT2D eigenvalue weighted by Crippen LogP contribution is -2.39. The van der Waals surface area contributed by atoms with Gasteiger partial charge >= 0.3 is 0 Å². The predicted molar refractivity (Wildman–Crippen MR) is 202 cm³/mol. The Balaban J connectivity index is 1.57. The molecule has 0 spiro atoms. The van der Waals surface area contributed by atoms with E-state index in [1.54, 1.807) is 5.30 Å². The van der Waals surface area contributed by atoms with Crippen molar-refractivity contribution >= 4 is 24.2 Å². The van der Waals surface area contributed by atoms with E-state index in [-0.39, 0.29) is 18.7 Å². The first-order valence-electron chi connectivity index (χ1n) is 17.6. The van der Waals surface area contributed by atoms with Gasteiger partial charge in [0.15, 0.2) is 0 Å². The van der Waals surface area contributed by atoms with Crippen molar-refractivity contribution in [2.45, 2.75) is 107 Å². The summed E-state index contributed by atoms with van der Waals surface area (Å²) in [4.78, 5) is 0. The molecule has 4 aromatic carbocycles. The molecule has 0 N–H and O–H groups in total. The van der Waals surface area contributed by atoms with Crippen LogP contribution in [-0.2, 0) is 11.0 Å². The lowest BCUT2D eigenvalue weighted by atomic mass is 9.91. The van der Waals surface area contributed by atoms with Gasteiger partial charge in [0.25, 0.3) is 0 Å². The molecular weight excluding hydrogens is 598 g/mol. The van der Waals surface area contributed by atoms with E-state index in [0.29, 0.717) is 0 Å². The Kier molecular flexibility index (Phi) is 10.9. The zero-order valence-corrected chi connectivity index (χ0v) is 30.0. The molecule has 46 heavy (non-hydrogen) atoms. The zero-order chi connectivity index (χ0) is 32.1. The highest BCUT2D eigenvalue weighted by atomic mass is 32.2. The van der Waals surface area contributed by atoms with Gasteiger partial charge < -0.3 is 0 Å². The van der Waals surface area contributed by atoms with Crippen molar-refractivity contribution in [1.82, 2.24) is 4.31 Å². The van der Waals surface area contributed by atoms with Gasteiger partial charge in [-0.3, -0.25) is 0 Å². The molecule has 4 aromatic rings. The molecule has 2 nitrogen and oxygen atoms in total. The van der Waals surface area contributed by atoms with Crippen LogP contribution >= 0.6 is 7.92 Å². The molecule has 2 fully saturated rings. The molecule has 0 bridgehead atoms. The number of hydrogen-bond donors (Lipinski definition) is 0. The highest BCUT2D eigenvalue weighted by molar-refractivity contribution is 7.84. The van der Waals surface area contributed by atoms with Gasteiger partial charge in [0.05, 0.1) is 10.8 Å². The molecule has 2 atom stereocenters. The molecule has 0 aromatic heterocycles. The van der Waals surface area contributed by atoms with Gasteiger partial charge in [-0.25, -0.2) is 8.51 Å². The fraction of sp³-hybridized carbons (Fsp3) is 0.429. The van der Waals surface area contributed by atoms with E-state index in [2.05, 4.69) is 135 Å². The molecule has 2 aliphatic carbocycles. The topological polar surface area (TPSA) is 20.3 Å². The van der Waals surface area contributed by atoms with Crippen LogP contribution in [0.1, 0.15) is 102 Å². The Bertz CT molecular complexity index is 1510. The minimum atomic E-state index is -1.21. The predicted octanol–water partition coefficient (Wildman–Crippen LogP) is 11.3. The Hall–Kier alpha value is -2.58. The molecule has 0 amide bonds. The normalized spacial score (nSPS) is 18.1. The Morgan fingerprint density at radius 2 is 1.09 bits per heavy atom. The Morgan fingerprint density at radius 3 is 1.57 bits per heavy atom. The van der Waals surface area contributed by atoms with Gasteiger partial charge in [-0.1, -0.05) is 131 Å². The highest BCUT2D eigenvalue weighted by Crippen LogP contribution is 2.56. The smallest absolute Gasteiger partial charge is 0.100 e. The third-order valence-electron chi connectivity index (χ3n) is 10.1. The molecule has 0 heterocycles. The summed E-state index contributed by atoms with van der Waals surface area (Å²) in [7, 11) is 0.559. The largest absolute Gasteiger partial charge is 0.242 e. The van der Waals surface area contributed by atoms with Crippen molar-refractivity contribution in [3.05, 3.63) is 114 Å². The quantitative estimate of drug-likeness (QED) is 0.165. The summed E-state index contributed by atoms with van der Waals surface area (Å²) in [6.45, 7) is 6.32. The van der Waals surface area contributed by atoms with E-state index in [1.165, 1.54) is 97.6 Å². The second-order valence-electron chi connectivity index (χ2n) is 14.4. The maximum Gasteiger partial charge on any atom is 0.100 e. The van der Waals surface area contributed by atoms with E-state index < -0.39 is 11.0 Å². The maximum atomic E-state index is 14.4. The molecule has 0 saturated heterocycles. The molecule has 0 aliphatic heterocycles. The first-order valence-corrected chi connectivity index (χ1v) is 20.2. The van der Waals surface area contributed by atoms with Crippen molar-refractivity contribution in [2.24, 2.45) is 0 Å². The molecule has 0 unspecified atom stereocenters. The number of nitrogens with zero attached hydrogens (tertiary/aromatic N) is 1. The van der Waals surface area contributed by atoms with Crippen LogP contribution in [0.2, 0.25) is 0 Å². The van der Waals surface area contributed by atoms with E-state index in [0.717, 1.165) is 11.3 Å². The van der Waals surface area contributed by atoms with E-state index >= 15 is 0 Å². The van der Waals surface area contributed by atoms with Crippen LogP contribution < -0.4 is 5.30 Å². The van der Waals surface area contributed by atoms with E-state index in [9.17, 15) is 4.21 Å². The summed E-state index contributed by atoms with van der Waals surface area (Å²) in [5, 5.41) is 1.57. The molecule has 6 rings (SSSR count). The van der Waals surface area contributed by atoms with Crippen molar-refractivity contribution in [2.75, 3.05) is 7.05 Å². The second-order valence-corrected chi connectivity index (χ2v) is 19.5. The second kappa shape index (κ2) is 15.1. The standard InChI is InChI=1S/C42H52NOPS/c1-42(2,3)46(44)43(4)41(36-30-34(32-19-9-5-10-20-32)29-35(31-36)33-21-11-6-12-22-33)39-27-17-18-28-40(39)45(37-23-13-7-14-24-37)38-25-15-8-16-26-38/h5-6,9-12,17-22,27-31,37-38,41H,7-8,13-16,23-26H2,1-4H3/t41-,46+/m0/s1. The number of rotatable bonds is 9. The first kappa shape index (κ1) is 33.3. The summed E-state index contributed by atoms with van der Waals surface area (Å²) >= 11 is 0. The average molecular weight is 650 g/mol. The minimum Gasteiger partial charge on any atom is -0.242 e.